The molecule has 0 amide bonds. The van der Waals surface area contributed by atoms with Crippen LogP contribution in [0.2, 0.25) is 0 Å². The van der Waals surface area contributed by atoms with Gasteiger partial charge in [-0.2, -0.15) is 0 Å². The van der Waals surface area contributed by atoms with Crippen LogP contribution in [0.5, 0.6) is 0 Å². The SMILES string of the molecule is C=C=NC(C(C)(C)CC(C)(C)CC(=C)C=C)C(C)(C)CC(C)(C)CC(=C)C=C. The molecule has 0 saturated carbocycles. The standard InChI is InChI=1S/C27H45N/c1-14-21(4)17-24(6,7)19-26(10,11)23(28-16-3)27(12,13)20-25(8,9)18-22(5)15-2/h14-15,23H,1-5,17-20H2,6-13H3. The molecule has 0 atom stereocenters. The van der Waals surface area contributed by atoms with Gasteiger partial charge in [0, 0.05) is 0 Å². The van der Waals surface area contributed by atoms with Gasteiger partial charge in [-0.05, 0) is 59.8 Å². The Labute approximate surface area is 176 Å². The van der Waals surface area contributed by atoms with Crippen LogP contribution in [0, 0.1) is 21.7 Å². The highest BCUT2D eigenvalue weighted by Crippen LogP contribution is 2.50. The third-order valence-electron chi connectivity index (χ3n) is 5.56. The molecular formula is C27H45N. The highest BCUT2D eigenvalue weighted by Gasteiger charge is 2.45. The number of rotatable bonds is 13. The predicted octanol–water partition coefficient (Wildman–Crippen LogP) is 8.36. The van der Waals surface area contributed by atoms with Gasteiger partial charge in [0.1, 0.15) is 0 Å². The van der Waals surface area contributed by atoms with E-state index in [-0.39, 0.29) is 27.7 Å². The normalized spacial score (nSPS) is 13.0. The van der Waals surface area contributed by atoms with Crippen LogP contribution >= 0.6 is 0 Å². The van der Waals surface area contributed by atoms with Gasteiger partial charge < -0.3 is 0 Å². The molecule has 0 unspecified atom stereocenters. The second-order valence-electron chi connectivity index (χ2n) is 11.4. The average Bonchev–Trinajstić information content (AvgIpc) is 2.48. The highest BCUT2D eigenvalue weighted by molar-refractivity contribution is 5.47. The van der Waals surface area contributed by atoms with Crippen molar-refractivity contribution in [2.24, 2.45) is 26.7 Å². The predicted molar refractivity (Wildman–Crippen MR) is 129 cm³/mol. The zero-order chi connectivity index (χ0) is 22.4. The van der Waals surface area contributed by atoms with Crippen molar-refractivity contribution in [3.63, 3.8) is 0 Å². The molecule has 158 valence electrons. The van der Waals surface area contributed by atoms with Gasteiger partial charge in [-0.15, -0.1) is 0 Å². The molecule has 0 radical (unpaired) electrons. The molecular weight excluding hydrogens is 338 g/mol. The van der Waals surface area contributed by atoms with Gasteiger partial charge >= 0.3 is 0 Å². The molecule has 28 heavy (non-hydrogen) atoms. The summed E-state index contributed by atoms with van der Waals surface area (Å²) < 4.78 is 0. The van der Waals surface area contributed by atoms with Gasteiger partial charge in [0.15, 0.2) is 0 Å². The third kappa shape index (κ3) is 8.61. The fraction of sp³-hybridized carbons (Fsp3) is 0.630. The second kappa shape index (κ2) is 9.75. The summed E-state index contributed by atoms with van der Waals surface area (Å²) in [7, 11) is 0. The van der Waals surface area contributed by atoms with Crippen LogP contribution in [-0.2, 0) is 0 Å². The van der Waals surface area contributed by atoms with E-state index in [4.69, 9.17) is 4.99 Å². The van der Waals surface area contributed by atoms with E-state index in [1.165, 1.54) is 0 Å². The first-order valence-corrected chi connectivity index (χ1v) is 10.3. The molecule has 0 N–H and O–H groups in total. The summed E-state index contributed by atoms with van der Waals surface area (Å²) in [6, 6.07) is 0.116. The van der Waals surface area contributed by atoms with Crippen molar-refractivity contribution in [3.05, 3.63) is 56.2 Å². The summed E-state index contributed by atoms with van der Waals surface area (Å²) in [6.07, 6.45) is 7.68. The minimum Gasteiger partial charge on any atom is -0.239 e. The molecule has 0 spiro atoms. The summed E-state index contributed by atoms with van der Waals surface area (Å²) in [5.41, 5.74) is 2.40. The van der Waals surface area contributed by atoms with Gasteiger partial charge in [-0.25, -0.2) is 4.99 Å². The van der Waals surface area contributed by atoms with Crippen molar-refractivity contribution >= 4 is 5.87 Å². The van der Waals surface area contributed by atoms with Crippen molar-refractivity contribution in [2.75, 3.05) is 0 Å². The van der Waals surface area contributed by atoms with E-state index >= 15 is 0 Å². The first-order valence-electron chi connectivity index (χ1n) is 10.3. The van der Waals surface area contributed by atoms with E-state index in [2.05, 4.69) is 94.2 Å². The summed E-state index contributed by atoms with van der Waals surface area (Å²) >= 11 is 0. The van der Waals surface area contributed by atoms with Gasteiger partial charge in [0.25, 0.3) is 0 Å². The lowest BCUT2D eigenvalue weighted by Gasteiger charge is -2.47. The van der Waals surface area contributed by atoms with Crippen LogP contribution < -0.4 is 0 Å². The number of hydrogen-bond donors (Lipinski definition) is 0. The fourth-order valence-corrected chi connectivity index (χ4v) is 5.66. The van der Waals surface area contributed by atoms with Crippen LogP contribution in [0.1, 0.15) is 81.1 Å². The Morgan fingerprint density at radius 3 is 1.36 bits per heavy atom. The van der Waals surface area contributed by atoms with Gasteiger partial charge in [0.2, 0.25) is 0 Å². The smallest absolute Gasteiger partial charge is 0.0695 e. The summed E-state index contributed by atoms with van der Waals surface area (Å²) in [4.78, 5) is 4.79. The largest absolute Gasteiger partial charge is 0.239 e. The van der Waals surface area contributed by atoms with Crippen molar-refractivity contribution in [2.45, 2.75) is 87.1 Å². The number of nitrogens with zero attached hydrogens (tertiary/aromatic N) is 1. The number of allylic oxidation sites excluding steroid dienone is 4. The van der Waals surface area contributed by atoms with E-state index in [1.54, 1.807) is 0 Å². The minimum absolute atomic E-state index is 0.00926. The molecule has 0 aromatic rings. The molecule has 0 saturated heterocycles. The fourth-order valence-electron chi connectivity index (χ4n) is 5.66. The van der Waals surface area contributed by atoms with Crippen molar-refractivity contribution in [1.29, 1.82) is 0 Å². The Balaban J connectivity index is 5.73. The molecule has 0 aromatic carbocycles. The van der Waals surface area contributed by atoms with Crippen LogP contribution in [0.4, 0.5) is 0 Å². The highest BCUT2D eigenvalue weighted by atomic mass is 14.8. The Morgan fingerprint density at radius 1 is 0.786 bits per heavy atom. The van der Waals surface area contributed by atoms with Crippen LogP contribution in [0.25, 0.3) is 0 Å². The maximum Gasteiger partial charge on any atom is 0.0695 e. The quantitative estimate of drug-likeness (QED) is 0.224. The first kappa shape index (κ1) is 26.4. The van der Waals surface area contributed by atoms with E-state index in [9.17, 15) is 0 Å². The van der Waals surface area contributed by atoms with E-state index in [1.807, 2.05) is 12.2 Å². The molecule has 0 fully saturated rings. The molecule has 0 aliphatic heterocycles. The van der Waals surface area contributed by atoms with Gasteiger partial charge in [-0.3, -0.25) is 0 Å². The van der Waals surface area contributed by atoms with Gasteiger partial charge in [-0.1, -0.05) is 105 Å². The van der Waals surface area contributed by atoms with E-state index in [0.29, 0.717) is 0 Å². The molecule has 0 aliphatic carbocycles. The van der Waals surface area contributed by atoms with Crippen LogP contribution in [0.15, 0.2) is 61.2 Å². The van der Waals surface area contributed by atoms with Gasteiger partial charge in [0.05, 0.1) is 6.04 Å². The summed E-state index contributed by atoms with van der Waals surface area (Å²) in [5.74, 6) is 2.86. The second-order valence-corrected chi connectivity index (χ2v) is 11.4. The van der Waals surface area contributed by atoms with Crippen LogP contribution in [-0.4, -0.2) is 11.9 Å². The topological polar surface area (TPSA) is 12.4 Å². The average molecular weight is 384 g/mol. The molecule has 1 nitrogen and oxygen atoms in total. The molecule has 1 heteroatoms. The molecule has 0 heterocycles. The minimum atomic E-state index is -0.00926. The molecule has 0 rings (SSSR count). The lowest BCUT2D eigenvalue weighted by Crippen LogP contribution is -2.44. The number of hydrogen-bond acceptors (Lipinski definition) is 1. The Hall–Kier alpha value is -1.59. The summed E-state index contributed by atoms with van der Waals surface area (Å²) in [5, 5.41) is 0. The Morgan fingerprint density at radius 2 is 1.11 bits per heavy atom. The third-order valence-corrected chi connectivity index (χ3v) is 5.56. The maximum atomic E-state index is 4.79. The van der Waals surface area contributed by atoms with Crippen LogP contribution in [0.3, 0.4) is 0 Å². The first-order chi connectivity index (χ1) is 12.5. The number of aliphatic imine (C=N–C) groups is 1. The Bertz CT molecular complexity index is 585. The monoisotopic (exact) mass is 383 g/mol. The zero-order valence-electron chi connectivity index (χ0n) is 20.0. The van der Waals surface area contributed by atoms with E-state index in [0.717, 1.165) is 36.8 Å². The molecule has 0 aliphatic rings. The lowest BCUT2D eigenvalue weighted by atomic mass is 9.59. The summed E-state index contributed by atoms with van der Waals surface area (Å²) in [6.45, 7) is 38.3. The van der Waals surface area contributed by atoms with Crippen molar-refractivity contribution in [3.8, 4) is 0 Å². The lowest BCUT2D eigenvalue weighted by molar-refractivity contribution is 0.0613. The van der Waals surface area contributed by atoms with E-state index < -0.39 is 0 Å². The maximum absolute atomic E-state index is 4.79. The van der Waals surface area contributed by atoms with Crippen molar-refractivity contribution < 1.29 is 0 Å². The Kier molecular flexibility index (Phi) is 9.19. The molecule has 0 aromatic heterocycles. The van der Waals surface area contributed by atoms with Crippen molar-refractivity contribution in [1.82, 2.24) is 0 Å². The zero-order valence-corrected chi connectivity index (χ0v) is 20.0. The molecule has 0 bridgehead atoms.